The van der Waals surface area contributed by atoms with Crippen molar-refractivity contribution in [1.29, 1.82) is 0 Å². The van der Waals surface area contributed by atoms with Gasteiger partial charge in [0.2, 0.25) is 0 Å². The third kappa shape index (κ3) is 2.01. The van der Waals surface area contributed by atoms with E-state index >= 15 is 0 Å². The number of ether oxygens (including phenoxy) is 1. The summed E-state index contributed by atoms with van der Waals surface area (Å²) in [5.74, 6) is 0.929. The van der Waals surface area contributed by atoms with E-state index in [4.69, 9.17) is 4.74 Å². The van der Waals surface area contributed by atoms with Gasteiger partial charge in [0, 0.05) is 16.7 Å². The zero-order chi connectivity index (χ0) is 18.8. The van der Waals surface area contributed by atoms with Crippen LogP contribution >= 0.6 is 0 Å². The van der Waals surface area contributed by atoms with Crippen LogP contribution in [-0.4, -0.2) is 16.8 Å². The predicted molar refractivity (Wildman–Crippen MR) is 105 cm³/mol. The van der Waals surface area contributed by atoms with E-state index in [1.807, 2.05) is 53.1 Å². The first-order chi connectivity index (χ1) is 13.1. The number of hydrogen-bond acceptors (Lipinski definition) is 3. The highest BCUT2D eigenvalue weighted by Crippen LogP contribution is 2.52. The topological polar surface area (TPSA) is 51.5 Å². The minimum atomic E-state index is -0.288. The van der Waals surface area contributed by atoms with Gasteiger partial charge in [0.15, 0.2) is 0 Å². The van der Waals surface area contributed by atoms with Crippen LogP contribution in [0.4, 0.5) is 0 Å². The fourth-order valence-corrected chi connectivity index (χ4v) is 4.90. The number of nitrogens with zero attached hydrogens (tertiary/aromatic N) is 1. The molecule has 2 heterocycles. The fraction of sp³-hybridized carbons (Fsp3) is 0.261. The van der Waals surface area contributed by atoms with E-state index in [1.165, 1.54) is 0 Å². The summed E-state index contributed by atoms with van der Waals surface area (Å²) >= 11 is 0. The quantitative estimate of drug-likeness (QED) is 0.747. The van der Waals surface area contributed by atoms with E-state index < -0.39 is 0 Å². The zero-order valence-corrected chi connectivity index (χ0v) is 15.5. The summed E-state index contributed by atoms with van der Waals surface area (Å²) < 4.78 is 7.26. The zero-order valence-electron chi connectivity index (χ0n) is 15.5. The maximum atomic E-state index is 13.6. The standard InChI is InChI=1S/C23H21NO3/c1-23-12-6-9-16-20(25)19(14-7-4-3-5-8-14)22(26)24(21(16)23)18-11-10-15(27-2)13-17(18)23/h3-5,7-8,10-11,13,25H,6,9,12H2,1-2H3. The average molecular weight is 359 g/mol. The smallest absolute Gasteiger partial charge is 0.267 e. The largest absolute Gasteiger partial charge is 0.507 e. The number of benzene rings is 2. The van der Waals surface area contributed by atoms with Crippen LogP contribution in [-0.2, 0) is 11.8 Å². The highest BCUT2D eigenvalue weighted by Gasteiger charge is 2.46. The molecule has 0 radical (unpaired) electrons. The summed E-state index contributed by atoms with van der Waals surface area (Å²) in [7, 11) is 1.66. The molecule has 1 unspecified atom stereocenters. The molecule has 1 aliphatic carbocycles. The van der Waals surface area contributed by atoms with Crippen LogP contribution in [0.15, 0.2) is 53.3 Å². The number of aromatic nitrogens is 1. The molecule has 1 N–H and O–H groups in total. The van der Waals surface area contributed by atoms with Gasteiger partial charge in [-0.05, 0) is 55.5 Å². The Morgan fingerprint density at radius 2 is 1.93 bits per heavy atom. The van der Waals surface area contributed by atoms with E-state index in [9.17, 15) is 9.90 Å². The number of pyridine rings is 1. The summed E-state index contributed by atoms with van der Waals surface area (Å²) in [5, 5.41) is 11.1. The van der Waals surface area contributed by atoms with Crippen LogP contribution in [0.3, 0.4) is 0 Å². The van der Waals surface area contributed by atoms with E-state index in [1.54, 1.807) is 7.11 Å². The Balaban J connectivity index is 1.92. The minimum absolute atomic E-state index is 0.142. The SMILES string of the molecule is COc1ccc2c(c1)C1(C)CCCc3c(O)c(-c4ccccc4)c(=O)n-2c31. The highest BCUT2D eigenvalue weighted by molar-refractivity contribution is 5.75. The third-order valence-corrected chi connectivity index (χ3v) is 6.18. The lowest BCUT2D eigenvalue weighted by atomic mass is 9.71. The second-order valence-electron chi connectivity index (χ2n) is 7.63. The molecule has 0 saturated heterocycles. The van der Waals surface area contributed by atoms with E-state index in [2.05, 4.69) is 6.92 Å². The Morgan fingerprint density at radius 1 is 1.15 bits per heavy atom. The molecule has 2 aliphatic rings. The summed E-state index contributed by atoms with van der Waals surface area (Å²) in [6.45, 7) is 2.17. The molecule has 4 nitrogen and oxygen atoms in total. The molecule has 5 rings (SSSR count). The monoisotopic (exact) mass is 359 g/mol. The second kappa shape index (κ2) is 5.49. The van der Waals surface area contributed by atoms with Gasteiger partial charge in [-0.15, -0.1) is 0 Å². The van der Waals surface area contributed by atoms with Crippen molar-refractivity contribution < 1.29 is 9.84 Å². The number of aromatic hydroxyl groups is 1. The summed E-state index contributed by atoms with van der Waals surface area (Å²) in [6.07, 6.45) is 2.70. The molecule has 1 atom stereocenters. The molecular formula is C23H21NO3. The maximum Gasteiger partial charge on any atom is 0.267 e. The molecule has 0 fully saturated rings. The third-order valence-electron chi connectivity index (χ3n) is 6.18. The lowest BCUT2D eigenvalue weighted by Crippen LogP contribution is -2.31. The van der Waals surface area contributed by atoms with Gasteiger partial charge in [0.1, 0.15) is 11.5 Å². The van der Waals surface area contributed by atoms with Crippen LogP contribution in [0.1, 0.15) is 36.6 Å². The molecule has 0 bridgehead atoms. The minimum Gasteiger partial charge on any atom is -0.507 e. The molecular weight excluding hydrogens is 338 g/mol. The van der Waals surface area contributed by atoms with Gasteiger partial charge in [0.05, 0.1) is 18.4 Å². The Hall–Kier alpha value is -3.01. The van der Waals surface area contributed by atoms with Gasteiger partial charge in [0.25, 0.3) is 5.56 Å². The first-order valence-electron chi connectivity index (χ1n) is 9.32. The van der Waals surface area contributed by atoms with Crippen molar-refractivity contribution in [2.24, 2.45) is 0 Å². The predicted octanol–water partition coefficient (Wildman–Crippen LogP) is 4.17. The Bertz CT molecular complexity index is 1130. The molecule has 3 aromatic rings. The van der Waals surface area contributed by atoms with Crippen LogP contribution in [0, 0.1) is 0 Å². The number of rotatable bonds is 2. The molecule has 1 aliphatic heterocycles. The van der Waals surface area contributed by atoms with Crippen molar-refractivity contribution in [3.05, 3.63) is 75.7 Å². The van der Waals surface area contributed by atoms with Gasteiger partial charge in [-0.2, -0.15) is 0 Å². The normalized spacial score (nSPS) is 19.5. The lowest BCUT2D eigenvalue weighted by Gasteiger charge is -2.33. The number of fused-ring (bicyclic) bond motifs is 3. The van der Waals surface area contributed by atoms with Crippen molar-refractivity contribution >= 4 is 0 Å². The van der Waals surface area contributed by atoms with Crippen molar-refractivity contribution in [1.82, 2.24) is 4.57 Å². The molecule has 0 saturated carbocycles. The molecule has 0 spiro atoms. The molecule has 27 heavy (non-hydrogen) atoms. The van der Waals surface area contributed by atoms with Crippen LogP contribution in [0.5, 0.6) is 11.5 Å². The molecule has 1 aromatic heterocycles. The van der Waals surface area contributed by atoms with Crippen LogP contribution in [0.25, 0.3) is 16.8 Å². The second-order valence-corrected chi connectivity index (χ2v) is 7.63. The molecule has 136 valence electrons. The van der Waals surface area contributed by atoms with Crippen molar-refractivity contribution in [3.8, 4) is 28.3 Å². The Labute approximate surface area is 157 Å². The first-order valence-corrected chi connectivity index (χ1v) is 9.32. The van der Waals surface area contributed by atoms with Crippen molar-refractivity contribution in [2.75, 3.05) is 7.11 Å². The van der Waals surface area contributed by atoms with Crippen molar-refractivity contribution in [3.63, 3.8) is 0 Å². The first kappa shape index (κ1) is 16.2. The van der Waals surface area contributed by atoms with E-state index in [0.717, 1.165) is 53.1 Å². The van der Waals surface area contributed by atoms with E-state index in [0.29, 0.717) is 5.56 Å². The van der Waals surface area contributed by atoms with Gasteiger partial charge in [-0.1, -0.05) is 30.3 Å². The maximum absolute atomic E-state index is 13.6. The van der Waals surface area contributed by atoms with E-state index in [-0.39, 0.29) is 16.7 Å². The van der Waals surface area contributed by atoms with Crippen LogP contribution < -0.4 is 10.3 Å². The Morgan fingerprint density at radius 3 is 2.67 bits per heavy atom. The van der Waals surface area contributed by atoms with Crippen LogP contribution in [0.2, 0.25) is 0 Å². The molecule has 0 amide bonds. The van der Waals surface area contributed by atoms with Gasteiger partial charge in [-0.3, -0.25) is 9.36 Å². The molecule has 2 aromatic carbocycles. The van der Waals surface area contributed by atoms with Gasteiger partial charge < -0.3 is 9.84 Å². The van der Waals surface area contributed by atoms with Crippen molar-refractivity contribution in [2.45, 2.75) is 31.6 Å². The highest BCUT2D eigenvalue weighted by atomic mass is 16.5. The summed E-state index contributed by atoms with van der Waals surface area (Å²) in [5.41, 5.74) is 4.54. The van der Waals surface area contributed by atoms with Gasteiger partial charge in [-0.25, -0.2) is 0 Å². The number of hydrogen-bond donors (Lipinski definition) is 1. The Kier molecular flexibility index (Phi) is 3.29. The summed E-state index contributed by atoms with van der Waals surface area (Å²) in [6, 6.07) is 15.3. The molecule has 4 heteroatoms. The average Bonchev–Trinajstić information content (AvgIpc) is 2.96. The lowest BCUT2D eigenvalue weighted by molar-refractivity contribution is 0.408. The number of methoxy groups -OCH3 is 1. The van der Waals surface area contributed by atoms with Gasteiger partial charge >= 0.3 is 0 Å². The fourth-order valence-electron chi connectivity index (χ4n) is 4.90. The summed E-state index contributed by atoms with van der Waals surface area (Å²) in [4.78, 5) is 13.6.